The predicted molar refractivity (Wildman–Crippen MR) is 69.7 cm³/mol. The van der Waals surface area contributed by atoms with Crippen molar-refractivity contribution in [2.24, 2.45) is 5.73 Å². The molecular formula is C11H18N2O2S2. The normalized spacial score (nSPS) is 22.8. The first kappa shape index (κ1) is 13.0. The molecule has 2 rings (SSSR count). The minimum atomic E-state index is -3.31. The Bertz CT molecular complexity index is 481. The van der Waals surface area contributed by atoms with Crippen LogP contribution in [0.3, 0.4) is 0 Å². The average Bonchev–Trinajstić information content (AvgIpc) is 2.78. The topological polar surface area (TPSA) is 63.4 Å². The molecule has 1 aliphatic heterocycles. The van der Waals surface area contributed by atoms with Crippen LogP contribution in [0.5, 0.6) is 0 Å². The van der Waals surface area contributed by atoms with E-state index in [0.29, 0.717) is 17.3 Å². The first-order valence-corrected chi connectivity index (χ1v) is 8.14. The SMILES string of the molecule is CCc1ccc(S(=O)(=O)N2CCC[C@@H](N)C2)s1. The highest BCUT2D eigenvalue weighted by Crippen LogP contribution is 2.26. The van der Waals surface area contributed by atoms with Crippen molar-refractivity contribution in [1.82, 2.24) is 4.31 Å². The lowest BCUT2D eigenvalue weighted by molar-refractivity contribution is 0.316. The minimum Gasteiger partial charge on any atom is -0.327 e. The maximum Gasteiger partial charge on any atom is 0.252 e. The molecule has 0 saturated carbocycles. The van der Waals surface area contributed by atoms with Crippen molar-refractivity contribution in [3.63, 3.8) is 0 Å². The first-order valence-electron chi connectivity index (χ1n) is 5.88. The monoisotopic (exact) mass is 274 g/mol. The van der Waals surface area contributed by atoms with Crippen LogP contribution in [0.15, 0.2) is 16.3 Å². The summed E-state index contributed by atoms with van der Waals surface area (Å²) in [6.45, 7) is 3.07. The summed E-state index contributed by atoms with van der Waals surface area (Å²) in [6, 6.07) is 3.57. The van der Waals surface area contributed by atoms with E-state index in [1.165, 1.54) is 15.6 Å². The molecule has 6 heteroatoms. The predicted octanol–water partition coefficient (Wildman–Crippen LogP) is 1.42. The van der Waals surface area contributed by atoms with E-state index in [4.69, 9.17) is 5.73 Å². The molecule has 17 heavy (non-hydrogen) atoms. The molecule has 1 atom stereocenters. The Hall–Kier alpha value is -0.430. The van der Waals surface area contributed by atoms with Gasteiger partial charge in [0, 0.05) is 24.0 Å². The van der Waals surface area contributed by atoms with Gasteiger partial charge in [0.05, 0.1) is 0 Å². The number of nitrogens with two attached hydrogens (primary N) is 1. The maximum atomic E-state index is 12.3. The third-order valence-corrected chi connectivity index (χ3v) is 6.56. The molecule has 0 spiro atoms. The number of piperidine rings is 1. The van der Waals surface area contributed by atoms with Crippen molar-refractivity contribution in [2.45, 2.75) is 36.4 Å². The van der Waals surface area contributed by atoms with Gasteiger partial charge in [0.2, 0.25) is 0 Å². The average molecular weight is 274 g/mol. The summed E-state index contributed by atoms with van der Waals surface area (Å²) in [5, 5.41) is 0. The van der Waals surface area contributed by atoms with Gasteiger partial charge >= 0.3 is 0 Å². The number of aryl methyl sites for hydroxylation is 1. The van der Waals surface area contributed by atoms with Crippen molar-refractivity contribution in [3.8, 4) is 0 Å². The van der Waals surface area contributed by atoms with Gasteiger partial charge in [-0.1, -0.05) is 6.92 Å². The molecule has 1 aliphatic rings. The zero-order chi connectivity index (χ0) is 12.5. The van der Waals surface area contributed by atoms with Crippen molar-refractivity contribution in [2.75, 3.05) is 13.1 Å². The zero-order valence-corrected chi connectivity index (χ0v) is 11.6. The molecule has 2 N–H and O–H groups in total. The summed E-state index contributed by atoms with van der Waals surface area (Å²) in [6.07, 6.45) is 2.64. The van der Waals surface area contributed by atoms with Crippen molar-refractivity contribution in [3.05, 3.63) is 17.0 Å². The Morgan fingerprint density at radius 1 is 1.53 bits per heavy atom. The molecule has 4 nitrogen and oxygen atoms in total. The van der Waals surface area contributed by atoms with Gasteiger partial charge < -0.3 is 5.73 Å². The highest BCUT2D eigenvalue weighted by atomic mass is 32.2. The molecule has 0 aliphatic carbocycles. The Morgan fingerprint density at radius 2 is 2.29 bits per heavy atom. The van der Waals surface area contributed by atoms with Gasteiger partial charge in [0.15, 0.2) is 0 Å². The molecule has 96 valence electrons. The third kappa shape index (κ3) is 2.70. The Labute approximate surface area is 106 Å². The number of hydrogen-bond donors (Lipinski definition) is 1. The lowest BCUT2D eigenvalue weighted by Gasteiger charge is -2.29. The first-order chi connectivity index (χ1) is 8.04. The highest BCUT2D eigenvalue weighted by molar-refractivity contribution is 7.91. The number of thiophene rings is 1. The van der Waals surface area contributed by atoms with Gasteiger partial charge in [-0.2, -0.15) is 4.31 Å². The number of nitrogens with zero attached hydrogens (tertiary/aromatic N) is 1. The van der Waals surface area contributed by atoms with Crippen LogP contribution in [0.1, 0.15) is 24.6 Å². The molecular weight excluding hydrogens is 256 g/mol. The molecule has 0 unspecified atom stereocenters. The van der Waals surface area contributed by atoms with Gasteiger partial charge in [-0.3, -0.25) is 0 Å². The van der Waals surface area contributed by atoms with Gasteiger partial charge in [-0.25, -0.2) is 8.42 Å². The second-order valence-corrected chi connectivity index (χ2v) is 7.67. The third-order valence-electron chi connectivity index (χ3n) is 3.00. The van der Waals surface area contributed by atoms with Gasteiger partial charge in [-0.05, 0) is 31.4 Å². The quantitative estimate of drug-likeness (QED) is 0.906. The van der Waals surface area contributed by atoms with Gasteiger partial charge in [-0.15, -0.1) is 11.3 Å². The lowest BCUT2D eigenvalue weighted by atomic mass is 10.1. The van der Waals surface area contributed by atoms with Crippen molar-refractivity contribution >= 4 is 21.4 Å². The van der Waals surface area contributed by atoms with Crippen molar-refractivity contribution < 1.29 is 8.42 Å². The van der Waals surface area contributed by atoms with E-state index in [1.54, 1.807) is 6.07 Å². The zero-order valence-electron chi connectivity index (χ0n) is 9.93. The maximum absolute atomic E-state index is 12.3. The van der Waals surface area contributed by atoms with Crippen LogP contribution in [0.4, 0.5) is 0 Å². The van der Waals surface area contributed by atoms with Crippen molar-refractivity contribution in [1.29, 1.82) is 0 Å². The van der Waals surface area contributed by atoms with E-state index in [2.05, 4.69) is 0 Å². The van der Waals surface area contributed by atoms with Gasteiger partial charge in [0.1, 0.15) is 4.21 Å². The molecule has 1 aromatic heterocycles. The van der Waals surface area contributed by atoms with Crippen LogP contribution in [-0.2, 0) is 16.4 Å². The van der Waals surface area contributed by atoms with Crippen LogP contribution >= 0.6 is 11.3 Å². The van der Waals surface area contributed by atoms with E-state index in [-0.39, 0.29) is 6.04 Å². The fourth-order valence-electron chi connectivity index (χ4n) is 2.01. The van der Waals surface area contributed by atoms with Crippen LogP contribution in [0.25, 0.3) is 0 Å². The second kappa shape index (κ2) is 5.06. The summed E-state index contributed by atoms with van der Waals surface area (Å²) in [5.74, 6) is 0. The molecule has 0 aromatic carbocycles. The highest BCUT2D eigenvalue weighted by Gasteiger charge is 2.29. The number of hydrogen-bond acceptors (Lipinski definition) is 4. The Kier molecular flexibility index (Phi) is 3.87. The summed E-state index contributed by atoms with van der Waals surface area (Å²) in [4.78, 5) is 1.10. The van der Waals surface area contributed by atoms with E-state index < -0.39 is 10.0 Å². The summed E-state index contributed by atoms with van der Waals surface area (Å²) < 4.78 is 26.7. The molecule has 1 fully saturated rings. The summed E-state index contributed by atoms with van der Waals surface area (Å²) >= 11 is 1.36. The van der Waals surface area contributed by atoms with E-state index >= 15 is 0 Å². The molecule has 2 heterocycles. The number of sulfonamides is 1. The Morgan fingerprint density at radius 3 is 2.88 bits per heavy atom. The van der Waals surface area contributed by atoms with Crippen LogP contribution in [0, 0.1) is 0 Å². The molecule has 0 amide bonds. The van der Waals surface area contributed by atoms with Crippen LogP contribution in [-0.4, -0.2) is 31.9 Å². The number of rotatable bonds is 3. The van der Waals surface area contributed by atoms with E-state index in [9.17, 15) is 8.42 Å². The second-order valence-electron chi connectivity index (χ2n) is 4.34. The fraction of sp³-hybridized carbons (Fsp3) is 0.636. The largest absolute Gasteiger partial charge is 0.327 e. The van der Waals surface area contributed by atoms with E-state index in [0.717, 1.165) is 24.1 Å². The smallest absolute Gasteiger partial charge is 0.252 e. The molecule has 0 radical (unpaired) electrons. The Balaban J connectivity index is 2.23. The lowest BCUT2D eigenvalue weighted by Crippen LogP contribution is -2.45. The fourth-order valence-corrected chi connectivity index (χ4v) is 4.99. The van der Waals surface area contributed by atoms with Crippen LogP contribution in [0.2, 0.25) is 0 Å². The van der Waals surface area contributed by atoms with Crippen LogP contribution < -0.4 is 5.73 Å². The van der Waals surface area contributed by atoms with Gasteiger partial charge in [0.25, 0.3) is 10.0 Å². The molecule has 1 aromatic rings. The molecule has 0 bridgehead atoms. The summed E-state index contributed by atoms with van der Waals surface area (Å²) in [7, 11) is -3.31. The standard InChI is InChI=1S/C11H18N2O2S2/c1-2-10-5-6-11(16-10)17(14,15)13-7-3-4-9(12)8-13/h5-6,9H,2-4,7-8,12H2,1H3/t9-/m1/s1. The minimum absolute atomic E-state index is 0.0240. The van der Waals surface area contributed by atoms with E-state index in [1.807, 2.05) is 13.0 Å². The summed E-state index contributed by atoms with van der Waals surface area (Å²) in [5.41, 5.74) is 5.83. The molecule has 1 saturated heterocycles.